The molecule has 3 rings (SSSR count). The van der Waals surface area contributed by atoms with E-state index in [9.17, 15) is 0 Å². The summed E-state index contributed by atoms with van der Waals surface area (Å²) < 4.78 is 39.2. The molecule has 0 aromatic heterocycles. The molecule has 0 aliphatic rings. The van der Waals surface area contributed by atoms with Gasteiger partial charge in [0, 0.05) is 0 Å². The number of rotatable bonds is 4. The van der Waals surface area contributed by atoms with Gasteiger partial charge >= 0.3 is 0 Å². The van der Waals surface area contributed by atoms with Crippen molar-refractivity contribution in [1.29, 1.82) is 0 Å². The maximum atomic E-state index is 8.49. The van der Waals surface area contributed by atoms with Gasteiger partial charge in [-0.15, -0.1) is 10.2 Å². The van der Waals surface area contributed by atoms with E-state index in [4.69, 9.17) is 23.4 Å². The first-order chi connectivity index (χ1) is 12.4. The number of hydrogen-bond donors (Lipinski definition) is 0. The molecule has 0 radical (unpaired) electrons. The normalized spacial score (nSPS) is 10.8. The van der Waals surface area contributed by atoms with Gasteiger partial charge in [0.15, 0.2) is 14.7 Å². The first-order valence-electron chi connectivity index (χ1n) is 7.48. The van der Waals surface area contributed by atoms with Crippen LogP contribution in [0.2, 0.25) is 0 Å². The lowest BCUT2D eigenvalue weighted by Crippen LogP contribution is -2.68. The molecule has 0 amide bonds. The Balaban J connectivity index is 0.000000431. The molecule has 0 bridgehead atoms. The fourth-order valence-electron chi connectivity index (χ4n) is 2.23. The fraction of sp³-hybridized carbons (Fsp3) is 0.0526. The van der Waals surface area contributed by atoms with Crippen molar-refractivity contribution < 1.29 is 33.6 Å². The van der Waals surface area contributed by atoms with Gasteiger partial charge in [0.2, 0.25) is 0 Å². The number of methoxy groups -OCH3 is 1. The minimum atomic E-state index is -4.94. The number of halogens is 1. The van der Waals surface area contributed by atoms with E-state index < -0.39 is 10.2 Å². The summed E-state index contributed by atoms with van der Waals surface area (Å²) in [7, 11) is -3.33. The van der Waals surface area contributed by atoms with Gasteiger partial charge in [-0.25, -0.2) is 18.6 Å². The van der Waals surface area contributed by atoms with Crippen molar-refractivity contribution in [1.82, 2.24) is 0 Å². The Morgan fingerprint density at radius 1 is 0.615 bits per heavy atom. The summed E-state index contributed by atoms with van der Waals surface area (Å²) >= 11 is 0. The lowest BCUT2D eigenvalue weighted by Gasteiger charge is -2.17. The van der Waals surface area contributed by atoms with Crippen molar-refractivity contribution in [3.63, 3.8) is 0 Å². The standard InChI is InChI=1S/C19H17OS.ClHO4/c1-20-16-12-14-19(15-13-16)21(17-8-4-2-5-9-17)18-10-6-3-7-11-18;2-1(3,4)5/h2-15H,1H3;(H,2,3,4,5)/q+1;/p-1. The van der Waals surface area contributed by atoms with Crippen LogP contribution in [-0.2, 0) is 10.9 Å². The predicted octanol–water partition coefficient (Wildman–Crippen LogP) is 0.0346. The van der Waals surface area contributed by atoms with Crippen LogP contribution in [0.5, 0.6) is 5.75 Å². The van der Waals surface area contributed by atoms with Crippen LogP contribution in [0.15, 0.2) is 99.6 Å². The highest BCUT2D eigenvalue weighted by Crippen LogP contribution is 2.31. The quantitative estimate of drug-likeness (QED) is 0.583. The van der Waals surface area contributed by atoms with E-state index in [1.54, 1.807) is 7.11 Å². The molecule has 0 aliphatic heterocycles. The van der Waals surface area contributed by atoms with Gasteiger partial charge in [-0.2, -0.15) is 0 Å². The van der Waals surface area contributed by atoms with Crippen LogP contribution in [0.1, 0.15) is 0 Å². The molecule has 0 spiro atoms. The zero-order valence-corrected chi connectivity index (χ0v) is 15.5. The van der Waals surface area contributed by atoms with E-state index in [1.165, 1.54) is 14.7 Å². The Morgan fingerprint density at radius 2 is 0.962 bits per heavy atom. The summed E-state index contributed by atoms with van der Waals surface area (Å²) in [4.78, 5) is 3.95. The summed E-state index contributed by atoms with van der Waals surface area (Å²) in [6.07, 6.45) is 0. The minimum absolute atomic E-state index is 0.0804. The average Bonchev–Trinajstić information content (AvgIpc) is 2.63. The van der Waals surface area contributed by atoms with Crippen molar-refractivity contribution in [3.05, 3.63) is 84.9 Å². The SMILES string of the molecule is COc1ccc([S+](c2ccccc2)c2ccccc2)cc1.[O-][Cl+3]([O-])([O-])[O-]. The van der Waals surface area contributed by atoms with Crippen LogP contribution >= 0.6 is 0 Å². The molecule has 0 heterocycles. The second-order valence-electron chi connectivity index (χ2n) is 4.99. The van der Waals surface area contributed by atoms with Gasteiger partial charge in [-0.3, -0.25) is 0 Å². The molecular formula is C19H17ClO5S. The highest BCUT2D eigenvalue weighted by Gasteiger charge is 2.27. The van der Waals surface area contributed by atoms with Gasteiger partial charge in [0.05, 0.1) is 18.0 Å². The van der Waals surface area contributed by atoms with Gasteiger partial charge in [-0.1, -0.05) is 36.4 Å². The van der Waals surface area contributed by atoms with Gasteiger partial charge in [0.25, 0.3) is 0 Å². The molecule has 136 valence electrons. The first-order valence-corrected chi connectivity index (χ1v) is 9.94. The molecule has 0 atom stereocenters. The van der Waals surface area contributed by atoms with Crippen LogP contribution in [-0.4, -0.2) is 7.11 Å². The van der Waals surface area contributed by atoms with E-state index in [0.29, 0.717) is 0 Å². The molecular weight excluding hydrogens is 376 g/mol. The van der Waals surface area contributed by atoms with Crippen molar-refractivity contribution in [3.8, 4) is 5.75 Å². The molecule has 0 saturated heterocycles. The summed E-state index contributed by atoms with van der Waals surface area (Å²) in [5, 5.41) is 0. The number of ether oxygens (including phenoxy) is 1. The van der Waals surface area contributed by atoms with Gasteiger partial charge in [-0.05, 0) is 48.5 Å². The third-order valence-corrected chi connectivity index (χ3v) is 5.48. The zero-order chi connectivity index (χ0) is 19.0. The second kappa shape index (κ2) is 9.59. The minimum Gasteiger partial charge on any atom is -0.497 e. The lowest BCUT2D eigenvalue weighted by molar-refractivity contribution is -2.00. The van der Waals surface area contributed by atoms with Crippen LogP contribution in [0.25, 0.3) is 0 Å². The predicted molar refractivity (Wildman–Crippen MR) is 88.0 cm³/mol. The largest absolute Gasteiger partial charge is 0.497 e. The lowest BCUT2D eigenvalue weighted by atomic mass is 10.3. The fourth-order valence-corrected chi connectivity index (χ4v) is 4.32. The molecule has 3 aromatic rings. The van der Waals surface area contributed by atoms with E-state index >= 15 is 0 Å². The summed E-state index contributed by atoms with van der Waals surface area (Å²) in [6.45, 7) is 0. The van der Waals surface area contributed by atoms with Crippen molar-refractivity contribution in [2.24, 2.45) is 0 Å². The van der Waals surface area contributed by atoms with Crippen molar-refractivity contribution >= 4 is 10.9 Å². The van der Waals surface area contributed by atoms with Crippen LogP contribution in [0.3, 0.4) is 0 Å². The van der Waals surface area contributed by atoms with Gasteiger partial charge in [0.1, 0.15) is 5.75 Å². The van der Waals surface area contributed by atoms with E-state index in [1.807, 2.05) is 12.1 Å². The van der Waals surface area contributed by atoms with Crippen LogP contribution in [0.4, 0.5) is 0 Å². The van der Waals surface area contributed by atoms with E-state index in [0.717, 1.165) is 5.75 Å². The van der Waals surface area contributed by atoms with E-state index in [-0.39, 0.29) is 10.9 Å². The molecule has 0 fully saturated rings. The summed E-state index contributed by atoms with van der Waals surface area (Å²) in [5.41, 5.74) is 0. The maximum Gasteiger partial charge on any atom is 0.166 e. The van der Waals surface area contributed by atoms with Crippen LogP contribution in [0, 0.1) is 10.2 Å². The summed E-state index contributed by atoms with van der Waals surface area (Å²) in [5.74, 6) is 0.892. The zero-order valence-electron chi connectivity index (χ0n) is 13.9. The molecule has 5 nitrogen and oxygen atoms in total. The summed E-state index contributed by atoms with van der Waals surface area (Å²) in [6, 6.07) is 29.7. The highest BCUT2D eigenvalue weighted by atomic mass is 35.7. The Labute approximate surface area is 157 Å². The molecule has 0 saturated carbocycles. The Hall–Kier alpha value is -2.06. The molecule has 0 unspecified atom stereocenters. The first kappa shape index (κ1) is 20.3. The smallest absolute Gasteiger partial charge is 0.166 e. The third kappa shape index (κ3) is 6.68. The highest BCUT2D eigenvalue weighted by molar-refractivity contribution is 7.97. The van der Waals surface area contributed by atoms with Gasteiger partial charge < -0.3 is 4.74 Å². The Morgan fingerprint density at radius 3 is 1.31 bits per heavy atom. The Bertz CT molecular complexity index is 731. The Kier molecular flexibility index (Phi) is 7.47. The number of benzene rings is 3. The molecule has 7 heteroatoms. The number of hydrogen-bond acceptors (Lipinski definition) is 5. The third-order valence-electron chi connectivity index (χ3n) is 3.25. The van der Waals surface area contributed by atoms with E-state index in [2.05, 4.69) is 72.8 Å². The molecule has 26 heavy (non-hydrogen) atoms. The average molecular weight is 393 g/mol. The maximum absolute atomic E-state index is 8.49. The molecule has 0 N–H and O–H groups in total. The van der Waals surface area contributed by atoms with Crippen molar-refractivity contribution in [2.45, 2.75) is 14.7 Å². The van der Waals surface area contributed by atoms with Crippen LogP contribution < -0.4 is 23.4 Å². The topological polar surface area (TPSA) is 101 Å². The van der Waals surface area contributed by atoms with Crippen molar-refractivity contribution in [2.75, 3.05) is 7.11 Å². The monoisotopic (exact) mass is 392 g/mol. The molecule has 0 aliphatic carbocycles. The molecule has 3 aromatic carbocycles. The second-order valence-corrected chi connectivity index (χ2v) is 7.77.